The van der Waals surface area contributed by atoms with Gasteiger partial charge in [0.1, 0.15) is 10.8 Å². The Hall–Kier alpha value is -1.75. The second-order valence-electron chi connectivity index (χ2n) is 3.92. The van der Waals surface area contributed by atoms with Crippen molar-refractivity contribution >= 4 is 17.7 Å². The average Bonchev–Trinajstić information content (AvgIpc) is 2.46. The number of hydrogen-bond acceptors (Lipinski definition) is 5. The van der Waals surface area contributed by atoms with Gasteiger partial charge in [0, 0.05) is 17.6 Å². The van der Waals surface area contributed by atoms with Gasteiger partial charge < -0.3 is 10.1 Å². The standard InChI is InChI=1S/C14H17N3OS/c1-3-9-15-14-16-10-8-13(17-14)19-12-6-4-11(18-2)5-7-12/h4-8,10H,3,9H2,1-2H3,(H,15,16,17). The Morgan fingerprint density at radius 1 is 1.21 bits per heavy atom. The molecule has 4 nitrogen and oxygen atoms in total. The Labute approximate surface area is 117 Å². The third-order valence-electron chi connectivity index (χ3n) is 2.44. The highest BCUT2D eigenvalue weighted by Gasteiger charge is 2.02. The Balaban J connectivity index is 2.05. The van der Waals surface area contributed by atoms with Crippen molar-refractivity contribution in [1.29, 1.82) is 0 Å². The van der Waals surface area contributed by atoms with Gasteiger partial charge >= 0.3 is 0 Å². The molecule has 1 aromatic heterocycles. The van der Waals surface area contributed by atoms with Gasteiger partial charge in [0.25, 0.3) is 0 Å². The van der Waals surface area contributed by atoms with Crippen LogP contribution in [0.1, 0.15) is 13.3 Å². The summed E-state index contributed by atoms with van der Waals surface area (Å²) in [7, 11) is 1.66. The molecule has 0 saturated carbocycles. The van der Waals surface area contributed by atoms with Gasteiger partial charge in [-0.25, -0.2) is 9.97 Å². The molecule has 0 aliphatic carbocycles. The number of benzene rings is 1. The lowest BCUT2D eigenvalue weighted by molar-refractivity contribution is 0.414. The molecule has 0 unspecified atom stereocenters. The number of anilines is 1. The number of methoxy groups -OCH3 is 1. The molecule has 1 N–H and O–H groups in total. The first-order valence-corrected chi connectivity index (χ1v) is 7.02. The lowest BCUT2D eigenvalue weighted by atomic mass is 10.3. The Morgan fingerprint density at radius 3 is 2.68 bits per heavy atom. The number of aromatic nitrogens is 2. The van der Waals surface area contributed by atoms with Gasteiger partial charge in [-0.1, -0.05) is 18.7 Å². The number of hydrogen-bond donors (Lipinski definition) is 1. The number of nitrogens with zero attached hydrogens (tertiary/aromatic N) is 2. The molecule has 0 fully saturated rings. The molecule has 5 heteroatoms. The average molecular weight is 275 g/mol. The highest BCUT2D eigenvalue weighted by molar-refractivity contribution is 7.99. The van der Waals surface area contributed by atoms with Crippen molar-refractivity contribution in [1.82, 2.24) is 9.97 Å². The quantitative estimate of drug-likeness (QED) is 0.818. The van der Waals surface area contributed by atoms with Crippen molar-refractivity contribution < 1.29 is 4.74 Å². The molecule has 0 spiro atoms. The van der Waals surface area contributed by atoms with Crippen molar-refractivity contribution in [3.8, 4) is 5.75 Å². The van der Waals surface area contributed by atoms with Gasteiger partial charge in [0.15, 0.2) is 0 Å². The van der Waals surface area contributed by atoms with Gasteiger partial charge in [-0.15, -0.1) is 0 Å². The normalized spacial score (nSPS) is 10.2. The van der Waals surface area contributed by atoms with E-state index in [2.05, 4.69) is 22.2 Å². The van der Waals surface area contributed by atoms with E-state index in [1.165, 1.54) is 0 Å². The predicted molar refractivity (Wildman–Crippen MR) is 77.9 cm³/mol. The van der Waals surface area contributed by atoms with E-state index in [-0.39, 0.29) is 0 Å². The van der Waals surface area contributed by atoms with Gasteiger partial charge in [-0.3, -0.25) is 0 Å². The molecule has 19 heavy (non-hydrogen) atoms. The topological polar surface area (TPSA) is 47.0 Å². The van der Waals surface area contributed by atoms with Gasteiger partial charge in [-0.05, 0) is 36.8 Å². The molecule has 100 valence electrons. The maximum Gasteiger partial charge on any atom is 0.223 e. The van der Waals surface area contributed by atoms with E-state index in [0.717, 1.165) is 28.6 Å². The zero-order chi connectivity index (χ0) is 13.5. The summed E-state index contributed by atoms with van der Waals surface area (Å²) in [5.41, 5.74) is 0. The van der Waals surface area contributed by atoms with Crippen LogP contribution in [-0.4, -0.2) is 23.6 Å². The fraction of sp³-hybridized carbons (Fsp3) is 0.286. The maximum atomic E-state index is 5.14. The zero-order valence-corrected chi connectivity index (χ0v) is 11.9. The maximum absolute atomic E-state index is 5.14. The lowest BCUT2D eigenvalue weighted by Gasteiger charge is -2.05. The van der Waals surface area contributed by atoms with E-state index >= 15 is 0 Å². The highest BCUT2D eigenvalue weighted by atomic mass is 32.2. The molecule has 0 saturated heterocycles. The molecule has 1 heterocycles. The van der Waals surface area contributed by atoms with E-state index in [0.29, 0.717) is 5.95 Å². The second kappa shape index (κ2) is 6.99. The lowest BCUT2D eigenvalue weighted by Crippen LogP contribution is -2.03. The minimum Gasteiger partial charge on any atom is -0.497 e. The minimum atomic E-state index is 0.681. The van der Waals surface area contributed by atoms with Crippen LogP contribution in [0.5, 0.6) is 5.75 Å². The van der Waals surface area contributed by atoms with Crippen molar-refractivity contribution in [2.24, 2.45) is 0 Å². The molecule has 0 radical (unpaired) electrons. The summed E-state index contributed by atoms with van der Waals surface area (Å²) >= 11 is 1.61. The molecule has 2 aromatic rings. The highest BCUT2D eigenvalue weighted by Crippen LogP contribution is 2.27. The van der Waals surface area contributed by atoms with Crippen molar-refractivity contribution in [2.45, 2.75) is 23.3 Å². The number of rotatable bonds is 6. The smallest absolute Gasteiger partial charge is 0.223 e. The first-order valence-electron chi connectivity index (χ1n) is 6.20. The molecule has 0 atom stereocenters. The second-order valence-corrected chi connectivity index (χ2v) is 5.02. The third-order valence-corrected chi connectivity index (χ3v) is 3.39. The summed E-state index contributed by atoms with van der Waals surface area (Å²) in [6.07, 6.45) is 2.83. The summed E-state index contributed by atoms with van der Waals surface area (Å²) in [5, 5.41) is 4.11. The third kappa shape index (κ3) is 4.13. The van der Waals surface area contributed by atoms with Crippen LogP contribution in [0.2, 0.25) is 0 Å². The molecule has 0 bridgehead atoms. The van der Waals surface area contributed by atoms with Crippen LogP contribution in [-0.2, 0) is 0 Å². The monoisotopic (exact) mass is 275 g/mol. The van der Waals surface area contributed by atoms with E-state index in [9.17, 15) is 0 Å². The Kier molecular flexibility index (Phi) is 5.03. The summed E-state index contributed by atoms with van der Waals surface area (Å²) in [6.45, 7) is 3.00. The SMILES string of the molecule is CCCNc1nccc(Sc2ccc(OC)cc2)n1. The van der Waals surface area contributed by atoms with Crippen LogP contribution in [0.4, 0.5) is 5.95 Å². The van der Waals surface area contributed by atoms with E-state index in [1.807, 2.05) is 30.3 Å². The van der Waals surface area contributed by atoms with E-state index < -0.39 is 0 Å². The molecular weight excluding hydrogens is 258 g/mol. The van der Waals surface area contributed by atoms with Crippen LogP contribution in [0.15, 0.2) is 46.5 Å². The summed E-state index contributed by atoms with van der Waals surface area (Å²) in [4.78, 5) is 9.77. The van der Waals surface area contributed by atoms with Crippen molar-refractivity contribution in [2.75, 3.05) is 19.0 Å². The molecule has 0 aliphatic heterocycles. The van der Waals surface area contributed by atoms with Crippen molar-refractivity contribution in [3.05, 3.63) is 36.5 Å². The summed E-state index contributed by atoms with van der Waals surface area (Å²) < 4.78 is 5.14. The zero-order valence-electron chi connectivity index (χ0n) is 11.1. The van der Waals surface area contributed by atoms with Crippen LogP contribution >= 0.6 is 11.8 Å². The largest absolute Gasteiger partial charge is 0.497 e. The van der Waals surface area contributed by atoms with Crippen molar-refractivity contribution in [3.63, 3.8) is 0 Å². The Morgan fingerprint density at radius 2 is 2.00 bits per heavy atom. The van der Waals surface area contributed by atoms with E-state index in [1.54, 1.807) is 25.1 Å². The van der Waals surface area contributed by atoms with Crippen LogP contribution < -0.4 is 10.1 Å². The van der Waals surface area contributed by atoms with Crippen LogP contribution in [0.3, 0.4) is 0 Å². The molecule has 0 amide bonds. The summed E-state index contributed by atoms with van der Waals surface area (Å²) in [6, 6.07) is 9.83. The molecule has 0 aliphatic rings. The minimum absolute atomic E-state index is 0.681. The Bertz CT molecular complexity index is 516. The predicted octanol–water partition coefficient (Wildman–Crippen LogP) is 3.46. The number of ether oxygens (including phenoxy) is 1. The fourth-order valence-electron chi connectivity index (χ4n) is 1.49. The van der Waals surface area contributed by atoms with E-state index in [4.69, 9.17) is 4.74 Å². The first kappa shape index (κ1) is 13.7. The number of nitrogens with one attached hydrogen (secondary N) is 1. The molecule has 2 rings (SSSR count). The van der Waals surface area contributed by atoms with Gasteiger partial charge in [0.2, 0.25) is 5.95 Å². The molecule has 1 aromatic carbocycles. The van der Waals surface area contributed by atoms with Gasteiger partial charge in [0.05, 0.1) is 7.11 Å². The van der Waals surface area contributed by atoms with Gasteiger partial charge in [-0.2, -0.15) is 0 Å². The first-order chi connectivity index (χ1) is 9.31. The van der Waals surface area contributed by atoms with Crippen LogP contribution in [0, 0.1) is 0 Å². The fourth-order valence-corrected chi connectivity index (χ4v) is 2.26. The molecular formula is C14H17N3OS. The summed E-state index contributed by atoms with van der Waals surface area (Å²) in [5.74, 6) is 1.54. The van der Waals surface area contributed by atoms with Crippen LogP contribution in [0.25, 0.3) is 0 Å².